The van der Waals surface area contributed by atoms with Crippen molar-refractivity contribution >= 4 is 10.9 Å². The Hall–Kier alpha value is -2.41. The molecule has 1 aromatic heterocycles. The maximum atomic E-state index is 13.6. The van der Waals surface area contributed by atoms with E-state index >= 15 is 0 Å². The molecule has 0 saturated carbocycles. The quantitative estimate of drug-likeness (QED) is 0.488. The maximum Gasteiger partial charge on any atom is 0.401 e. The van der Waals surface area contributed by atoms with Crippen LogP contribution in [0.15, 0.2) is 48.7 Å². The normalized spacial score (nSPS) is 19.2. The van der Waals surface area contributed by atoms with Crippen LogP contribution in [-0.2, 0) is 0 Å². The van der Waals surface area contributed by atoms with Gasteiger partial charge in [0.1, 0.15) is 11.6 Å². The average Bonchev–Trinajstić information content (AvgIpc) is 3.25. The van der Waals surface area contributed by atoms with Crippen molar-refractivity contribution in [2.75, 3.05) is 19.6 Å². The molecule has 29 heavy (non-hydrogen) atoms. The highest BCUT2D eigenvalue weighted by molar-refractivity contribution is 5.82. The molecule has 0 N–H and O–H groups in total. The summed E-state index contributed by atoms with van der Waals surface area (Å²) in [7, 11) is 0. The van der Waals surface area contributed by atoms with Gasteiger partial charge in [0, 0.05) is 24.2 Å². The fourth-order valence-corrected chi connectivity index (χ4v) is 4.29. The molecule has 0 bridgehead atoms. The van der Waals surface area contributed by atoms with Crippen molar-refractivity contribution in [3.8, 4) is 5.69 Å². The van der Waals surface area contributed by atoms with Crippen molar-refractivity contribution in [3.63, 3.8) is 0 Å². The first kappa shape index (κ1) is 19.9. The number of benzene rings is 2. The van der Waals surface area contributed by atoms with E-state index in [1.54, 1.807) is 10.8 Å². The second kappa shape index (κ2) is 7.44. The Morgan fingerprint density at radius 3 is 2.45 bits per heavy atom. The Morgan fingerprint density at radius 1 is 1.03 bits per heavy atom. The van der Waals surface area contributed by atoms with Crippen LogP contribution < -0.4 is 0 Å². The molecule has 2 heterocycles. The van der Waals surface area contributed by atoms with E-state index in [-0.39, 0.29) is 11.8 Å². The molecule has 154 valence electrons. The molecule has 0 amide bonds. The lowest BCUT2D eigenvalue weighted by Gasteiger charge is -2.22. The first-order valence-electron chi connectivity index (χ1n) is 9.56. The van der Waals surface area contributed by atoms with E-state index in [0.717, 1.165) is 29.0 Å². The molecule has 0 spiro atoms. The summed E-state index contributed by atoms with van der Waals surface area (Å²) >= 11 is 0. The van der Waals surface area contributed by atoms with Gasteiger partial charge >= 0.3 is 6.18 Å². The number of alkyl halides is 3. The van der Waals surface area contributed by atoms with Crippen LogP contribution in [0.2, 0.25) is 0 Å². The minimum Gasteiger partial charge on any atom is -0.316 e. The molecular formula is C22H21F5N2. The van der Waals surface area contributed by atoms with Crippen molar-refractivity contribution < 1.29 is 22.0 Å². The Labute approximate surface area is 165 Å². The monoisotopic (exact) mass is 408 g/mol. The largest absolute Gasteiger partial charge is 0.401 e. The molecule has 2 aromatic carbocycles. The smallest absolute Gasteiger partial charge is 0.316 e. The third-order valence-electron chi connectivity index (χ3n) is 5.78. The minimum atomic E-state index is -4.17. The van der Waals surface area contributed by atoms with Crippen LogP contribution >= 0.6 is 0 Å². The lowest BCUT2D eigenvalue weighted by atomic mass is 9.86. The van der Waals surface area contributed by atoms with Gasteiger partial charge in [-0.25, -0.2) is 8.78 Å². The zero-order chi connectivity index (χ0) is 20.8. The first-order valence-corrected chi connectivity index (χ1v) is 9.56. The van der Waals surface area contributed by atoms with Gasteiger partial charge in [0.25, 0.3) is 0 Å². The van der Waals surface area contributed by atoms with E-state index in [1.807, 2.05) is 31.2 Å². The molecular weight excluding hydrogens is 387 g/mol. The van der Waals surface area contributed by atoms with Crippen LogP contribution in [0.1, 0.15) is 24.8 Å². The molecule has 7 heteroatoms. The lowest BCUT2D eigenvalue weighted by molar-refractivity contribution is -0.143. The zero-order valence-corrected chi connectivity index (χ0v) is 15.9. The molecule has 3 aromatic rings. The van der Waals surface area contributed by atoms with E-state index in [2.05, 4.69) is 0 Å². The SMILES string of the molecule is C[C@@H](c1ccc2c(ccn2-c2cc(F)cc(F)c2)c1)[C@@H]1CCN(CC(F)(F)F)C1. The fraction of sp³-hybridized carbons (Fsp3) is 0.364. The second-order valence-corrected chi connectivity index (χ2v) is 7.82. The molecule has 2 atom stereocenters. The predicted molar refractivity (Wildman–Crippen MR) is 102 cm³/mol. The molecule has 1 aliphatic heterocycles. The Kier molecular flexibility index (Phi) is 5.11. The third kappa shape index (κ3) is 4.29. The number of hydrogen-bond donors (Lipinski definition) is 0. The van der Waals surface area contributed by atoms with Gasteiger partial charge in [0.15, 0.2) is 0 Å². The topological polar surface area (TPSA) is 8.17 Å². The lowest BCUT2D eigenvalue weighted by Crippen LogP contribution is -2.32. The van der Waals surface area contributed by atoms with Crippen molar-refractivity contribution in [1.29, 1.82) is 0 Å². The van der Waals surface area contributed by atoms with Crippen molar-refractivity contribution in [2.45, 2.75) is 25.4 Å². The summed E-state index contributed by atoms with van der Waals surface area (Å²) in [6, 6.07) is 11.1. The number of likely N-dealkylation sites (tertiary alicyclic amines) is 1. The van der Waals surface area contributed by atoms with Gasteiger partial charge in [0.05, 0.1) is 17.7 Å². The highest BCUT2D eigenvalue weighted by atomic mass is 19.4. The van der Waals surface area contributed by atoms with Gasteiger partial charge in [-0.3, -0.25) is 4.90 Å². The van der Waals surface area contributed by atoms with Crippen LogP contribution in [0.5, 0.6) is 0 Å². The second-order valence-electron chi connectivity index (χ2n) is 7.82. The predicted octanol–water partition coefficient (Wildman–Crippen LogP) is 5.90. The number of hydrogen-bond acceptors (Lipinski definition) is 1. The maximum absolute atomic E-state index is 13.6. The highest BCUT2D eigenvalue weighted by Gasteiger charge is 2.36. The summed E-state index contributed by atoms with van der Waals surface area (Å²) in [5.41, 5.74) is 2.27. The summed E-state index contributed by atoms with van der Waals surface area (Å²) < 4.78 is 66.8. The molecule has 0 unspecified atom stereocenters. The minimum absolute atomic E-state index is 0.118. The van der Waals surface area contributed by atoms with Crippen LogP contribution in [0, 0.1) is 17.6 Å². The number of rotatable bonds is 4. The van der Waals surface area contributed by atoms with Gasteiger partial charge < -0.3 is 4.57 Å². The number of aromatic nitrogens is 1. The van der Waals surface area contributed by atoms with E-state index in [4.69, 9.17) is 0 Å². The van der Waals surface area contributed by atoms with Crippen LogP contribution in [0.4, 0.5) is 22.0 Å². The molecule has 2 nitrogen and oxygen atoms in total. The van der Waals surface area contributed by atoms with Crippen LogP contribution in [0.25, 0.3) is 16.6 Å². The zero-order valence-electron chi connectivity index (χ0n) is 15.9. The van der Waals surface area contributed by atoms with E-state index in [0.29, 0.717) is 18.8 Å². The Morgan fingerprint density at radius 2 is 1.76 bits per heavy atom. The summed E-state index contributed by atoms with van der Waals surface area (Å²) in [4.78, 5) is 1.47. The molecule has 0 aliphatic carbocycles. The van der Waals surface area contributed by atoms with Gasteiger partial charge in [-0.15, -0.1) is 0 Å². The first-order chi connectivity index (χ1) is 13.7. The molecule has 1 fully saturated rings. The summed E-state index contributed by atoms with van der Waals surface area (Å²) in [6.45, 7) is 2.07. The summed E-state index contributed by atoms with van der Waals surface area (Å²) in [6.07, 6.45) is -1.68. The molecule has 1 saturated heterocycles. The number of fused-ring (bicyclic) bond motifs is 1. The van der Waals surface area contributed by atoms with Crippen molar-refractivity contribution in [3.05, 3.63) is 65.9 Å². The van der Waals surface area contributed by atoms with Gasteiger partial charge in [-0.05, 0) is 60.7 Å². The number of nitrogens with zero attached hydrogens (tertiary/aromatic N) is 2. The van der Waals surface area contributed by atoms with Gasteiger partial charge in [-0.1, -0.05) is 13.0 Å². The number of halogens is 5. The van der Waals surface area contributed by atoms with Gasteiger partial charge in [0.2, 0.25) is 0 Å². The Bertz CT molecular complexity index is 1000. The van der Waals surface area contributed by atoms with Crippen LogP contribution in [0.3, 0.4) is 0 Å². The Balaban J connectivity index is 1.56. The van der Waals surface area contributed by atoms with E-state index < -0.39 is 24.4 Å². The molecule has 0 radical (unpaired) electrons. The molecule has 1 aliphatic rings. The highest BCUT2D eigenvalue weighted by Crippen LogP contribution is 2.34. The van der Waals surface area contributed by atoms with Crippen molar-refractivity contribution in [2.24, 2.45) is 5.92 Å². The standard InChI is InChI=1S/C22H21F5N2/c1-14(17-4-6-28(12-17)13-22(25,26)27)15-2-3-21-16(8-15)5-7-29(21)20-10-18(23)9-19(24)11-20/h2-3,5,7-11,14,17H,4,6,12-13H2,1H3/t14-,17+/m0/s1. The summed E-state index contributed by atoms with van der Waals surface area (Å²) in [5.74, 6) is -1.00. The average molecular weight is 408 g/mol. The van der Waals surface area contributed by atoms with E-state index in [1.165, 1.54) is 17.0 Å². The van der Waals surface area contributed by atoms with Crippen LogP contribution in [-0.4, -0.2) is 35.3 Å². The summed E-state index contributed by atoms with van der Waals surface area (Å²) in [5, 5.41) is 0.921. The fourth-order valence-electron chi connectivity index (χ4n) is 4.29. The van der Waals surface area contributed by atoms with E-state index in [9.17, 15) is 22.0 Å². The third-order valence-corrected chi connectivity index (χ3v) is 5.78. The van der Waals surface area contributed by atoms with Gasteiger partial charge in [-0.2, -0.15) is 13.2 Å². The van der Waals surface area contributed by atoms with Crippen molar-refractivity contribution in [1.82, 2.24) is 9.47 Å². The molecule has 4 rings (SSSR count).